The quantitative estimate of drug-likeness (QED) is 0.361. The van der Waals surface area contributed by atoms with Gasteiger partial charge in [-0.3, -0.25) is 9.10 Å². The van der Waals surface area contributed by atoms with Crippen LogP contribution in [-0.4, -0.2) is 20.9 Å². The molecule has 0 radical (unpaired) electrons. The molecule has 0 aliphatic heterocycles. The van der Waals surface area contributed by atoms with Crippen molar-refractivity contribution >= 4 is 27.3 Å². The van der Waals surface area contributed by atoms with Crippen LogP contribution >= 0.6 is 0 Å². The van der Waals surface area contributed by atoms with Gasteiger partial charge in [0.05, 0.1) is 10.6 Å². The van der Waals surface area contributed by atoms with Crippen LogP contribution < -0.4 is 14.4 Å². The van der Waals surface area contributed by atoms with E-state index in [4.69, 9.17) is 4.74 Å². The number of sulfonamides is 1. The van der Waals surface area contributed by atoms with Crippen molar-refractivity contribution in [2.75, 3.05) is 16.2 Å². The third-order valence-corrected chi connectivity index (χ3v) is 6.93. The third-order valence-electron chi connectivity index (χ3n) is 5.14. The fourth-order valence-electron chi connectivity index (χ4n) is 3.37. The molecule has 4 aromatic rings. The number of anilines is 2. The molecule has 0 bridgehead atoms. The predicted molar refractivity (Wildman–Crippen MR) is 134 cm³/mol. The average Bonchev–Trinajstić information content (AvgIpc) is 2.86. The van der Waals surface area contributed by atoms with Crippen LogP contribution in [0.15, 0.2) is 114 Å². The molecule has 0 aliphatic carbocycles. The Hall–Kier alpha value is -4.10. The fraction of sp³-hybridized carbons (Fsp3) is 0.0741. The molecule has 0 heterocycles. The molecule has 0 spiro atoms. The van der Waals surface area contributed by atoms with Crippen molar-refractivity contribution in [1.29, 1.82) is 0 Å². The first-order valence-electron chi connectivity index (χ1n) is 10.7. The molecule has 1 N–H and O–H groups in total. The van der Waals surface area contributed by atoms with Gasteiger partial charge in [-0.25, -0.2) is 8.42 Å². The molecule has 0 unspecified atom stereocenters. The molecule has 172 valence electrons. The van der Waals surface area contributed by atoms with Crippen LogP contribution in [-0.2, 0) is 14.8 Å². The highest BCUT2D eigenvalue weighted by molar-refractivity contribution is 7.92. The highest BCUT2D eigenvalue weighted by atomic mass is 32.2. The molecule has 4 rings (SSSR count). The van der Waals surface area contributed by atoms with E-state index in [-0.39, 0.29) is 11.4 Å². The van der Waals surface area contributed by atoms with Crippen molar-refractivity contribution in [1.82, 2.24) is 0 Å². The number of amides is 1. The number of para-hydroxylation sites is 2. The molecule has 1 amide bonds. The van der Waals surface area contributed by atoms with Crippen LogP contribution in [0.2, 0.25) is 0 Å². The fourth-order valence-corrected chi connectivity index (χ4v) is 4.82. The molecule has 6 nitrogen and oxygen atoms in total. The Morgan fingerprint density at radius 3 is 1.97 bits per heavy atom. The van der Waals surface area contributed by atoms with Crippen LogP contribution in [0.5, 0.6) is 11.5 Å². The number of benzene rings is 4. The van der Waals surface area contributed by atoms with Crippen LogP contribution in [0.4, 0.5) is 11.4 Å². The molecule has 0 atom stereocenters. The van der Waals surface area contributed by atoms with Crippen LogP contribution in [0.1, 0.15) is 5.56 Å². The van der Waals surface area contributed by atoms with Crippen LogP contribution in [0, 0.1) is 6.92 Å². The number of hydrogen-bond acceptors (Lipinski definition) is 4. The number of carbonyl (C=O) groups is 1. The van der Waals surface area contributed by atoms with Crippen molar-refractivity contribution in [3.63, 3.8) is 0 Å². The number of nitrogens with zero attached hydrogens (tertiary/aromatic N) is 1. The van der Waals surface area contributed by atoms with Gasteiger partial charge in [0.1, 0.15) is 18.0 Å². The Kier molecular flexibility index (Phi) is 6.94. The van der Waals surface area contributed by atoms with E-state index in [1.807, 2.05) is 55.5 Å². The van der Waals surface area contributed by atoms with Gasteiger partial charge < -0.3 is 10.1 Å². The van der Waals surface area contributed by atoms with Gasteiger partial charge in [0.15, 0.2) is 0 Å². The lowest BCUT2D eigenvalue weighted by Crippen LogP contribution is -2.38. The summed E-state index contributed by atoms with van der Waals surface area (Å²) >= 11 is 0. The van der Waals surface area contributed by atoms with Gasteiger partial charge in [-0.1, -0.05) is 54.6 Å². The lowest BCUT2D eigenvalue weighted by atomic mass is 10.2. The molecular formula is C27H24N2O4S. The van der Waals surface area contributed by atoms with E-state index >= 15 is 0 Å². The molecule has 0 saturated carbocycles. The number of aryl methyl sites for hydroxylation is 1. The topological polar surface area (TPSA) is 75.7 Å². The van der Waals surface area contributed by atoms with Crippen molar-refractivity contribution in [3.8, 4) is 11.5 Å². The van der Waals surface area contributed by atoms with Gasteiger partial charge in [-0.05, 0) is 67.1 Å². The van der Waals surface area contributed by atoms with Gasteiger partial charge in [-0.15, -0.1) is 0 Å². The van der Waals surface area contributed by atoms with Gasteiger partial charge in [0.2, 0.25) is 5.91 Å². The van der Waals surface area contributed by atoms with E-state index in [2.05, 4.69) is 5.32 Å². The van der Waals surface area contributed by atoms with E-state index < -0.39 is 15.9 Å². The maximum absolute atomic E-state index is 13.5. The second kappa shape index (κ2) is 10.2. The highest BCUT2D eigenvalue weighted by Crippen LogP contribution is 2.28. The third kappa shape index (κ3) is 5.44. The molecule has 34 heavy (non-hydrogen) atoms. The Morgan fingerprint density at radius 1 is 0.765 bits per heavy atom. The molecular weight excluding hydrogens is 448 g/mol. The monoisotopic (exact) mass is 472 g/mol. The number of ether oxygens (including phenoxy) is 1. The second-order valence-electron chi connectivity index (χ2n) is 7.60. The van der Waals surface area contributed by atoms with Crippen molar-refractivity contribution in [3.05, 3.63) is 115 Å². The summed E-state index contributed by atoms with van der Waals surface area (Å²) in [5.74, 6) is 0.774. The summed E-state index contributed by atoms with van der Waals surface area (Å²) in [6, 6.07) is 31.3. The highest BCUT2D eigenvalue weighted by Gasteiger charge is 2.27. The first kappa shape index (κ1) is 23.1. The number of nitrogens with one attached hydrogen (secondary N) is 1. The summed E-state index contributed by atoms with van der Waals surface area (Å²) in [5, 5.41) is 2.81. The molecule has 0 aliphatic rings. The van der Waals surface area contributed by atoms with E-state index in [1.165, 1.54) is 12.1 Å². The van der Waals surface area contributed by atoms with Gasteiger partial charge in [0, 0.05) is 5.69 Å². The van der Waals surface area contributed by atoms with Crippen molar-refractivity contribution in [2.24, 2.45) is 0 Å². The minimum atomic E-state index is -3.99. The maximum Gasteiger partial charge on any atom is 0.264 e. The van der Waals surface area contributed by atoms with E-state index in [1.54, 1.807) is 48.5 Å². The van der Waals surface area contributed by atoms with Crippen LogP contribution in [0.3, 0.4) is 0 Å². The minimum absolute atomic E-state index is 0.100. The smallest absolute Gasteiger partial charge is 0.264 e. The number of rotatable bonds is 8. The van der Waals surface area contributed by atoms with E-state index in [9.17, 15) is 13.2 Å². The van der Waals surface area contributed by atoms with Crippen molar-refractivity contribution < 1.29 is 17.9 Å². The van der Waals surface area contributed by atoms with Crippen molar-refractivity contribution in [2.45, 2.75) is 11.8 Å². The average molecular weight is 473 g/mol. The first-order chi connectivity index (χ1) is 16.4. The standard InChI is InChI=1S/C27H24N2O4S/c1-21-10-8-9-15-26(21)28-27(30)20-29(34(31,32)25-13-6-3-7-14-25)22-16-18-24(19-17-22)33-23-11-4-2-5-12-23/h2-19H,20H2,1H3,(H,28,30). The zero-order valence-electron chi connectivity index (χ0n) is 18.6. The number of carbonyl (C=O) groups excluding carboxylic acids is 1. The lowest BCUT2D eigenvalue weighted by molar-refractivity contribution is -0.114. The molecule has 7 heteroatoms. The maximum atomic E-state index is 13.5. The van der Waals surface area contributed by atoms with Gasteiger partial charge in [0.25, 0.3) is 10.0 Å². The van der Waals surface area contributed by atoms with Gasteiger partial charge >= 0.3 is 0 Å². The van der Waals surface area contributed by atoms with E-state index in [0.717, 1.165) is 9.87 Å². The lowest BCUT2D eigenvalue weighted by Gasteiger charge is -2.24. The minimum Gasteiger partial charge on any atom is -0.457 e. The van der Waals surface area contributed by atoms with Crippen LogP contribution in [0.25, 0.3) is 0 Å². The summed E-state index contributed by atoms with van der Waals surface area (Å²) in [6.45, 7) is 1.49. The Morgan fingerprint density at radius 2 is 1.32 bits per heavy atom. The SMILES string of the molecule is Cc1ccccc1NC(=O)CN(c1ccc(Oc2ccccc2)cc1)S(=O)(=O)c1ccccc1. The first-order valence-corrected chi connectivity index (χ1v) is 12.1. The zero-order valence-corrected chi connectivity index (χ0v) is 19.4. The molecule has 0 fully saturated rings. The summed E-state index contributed by atoms with van der Waals surface area (Å²) < 4.78 is 33.9. The number of hydrogen-bond donors (Lipinski definition) is 1. The second-order valence-corrected chi connectivity index (χ2v) is 9.46. The van der Waals surface area contributed by atoms with E-state index in [0.29, 0.717) is 22.9 Å². The Labute approximate surface area is 199 Å². The normalized spacial score (nSPS) is 11.0. The largest absolute Gasteiger partial charge is 0.457 e. The Balaban J connectivity index is 1.62. The summed E-state index contributed by atoms with van der Waals surface area (Å²) in [4.78, 5) is 13.0. The summed E-state index contributed by atoms with van der Waals surface area (Å²) in [5.41, 5.74) is 1.87. The zero-order chi connectivity index (χ0) is 24.0. The van der Waals surface area contributed by atoms with Gasteiger partial charge in [-0.2, -0.15) is 0 Å². The molecule has 0 aromatic heterocycles. The summed E-state index contributed by atoms with van der Waals surface area (Å²) in [6.07, 6.45) is 0. The molecule has 4 aromatic carbocycles. The predicted octanol–water partition coefficient (Wildman–Crippen LogP) is 5.62. The Bertz CT molecular complexity index is 1360. The molecule has 0 saturated heterocycles. The summed E-state index contributed by atoms with van der Waals surface area (Å²) in [7, 11) is -3.99.